The van der Waals surface area contributed by atoms with Crippen molar-refractivity contribution in [3.8, 4) is 0 Å². The molecular weight excluding hydrogens is 246 g/mol. The molecule has 19 heavy (non-hydrogen) atoms. The number of hydrogen-bond donors (Lipinski definition) is 3. The predicted octanol–water partition coefficient (Wildman–Crippen LogP) is -0.0331. The average Bonchev–Trinajstić information content (AvgIpc) is 2.91. The zero-order valence-electron chi connectivity index (χ0n) is 11.2. The number of nitrogens with zero attached hydrogens (tertiary/aromatic N) is 4. The Kier molecular flexibility index (Phi) is 3.79. The topological polar surface area (TPSA) is 98.8 Å². The molecule has 0 saturated heterocycles. The van der Waals surface area contributed by atoms with Gasteiger partial charge in [-0.25, -0.2) is 4.98 Å². The summed E-state index contributed by atoms with van der Waals surface area (Å²) >= 11 is 0. The maximum atomic E-state index is 11.3. The quantitative estimate of drug-likeness (QED) is 0.700. The molecule has 3 N–H and O–H groups in total. The molecule has 0 aliphatic rings. The maximum absolute atomic E-state index is 11.3. The molecule has 2 heterocycles. The Balaban J connectivity index is 2.27. The van der Waals surface area contributed by atoms with Crippen LogP contribution in [0.25, 0.3) is 11.2 Å². The van der Waals surface area contributed by atoms with E-state index in [-0.39, 0.29) is 5.91 Å². The zero-order valence-corrected chi connectivity index (χ0v) is 11.2. The lowest BCUT2D eigenvalue weighted by Gasteiger charge is -2.18. The van der Waals surface area contributed by atoms with Gasteiger partial charge in [0.15, 0.2) is 11.5 Å². The molecule has 0 spiro atoms. The third-order valence-corrected chi connectivity index (χ3v) is 2.80. The van der Waals surface area contributed by atoms with Crippen LogP contribution in [-0.2, 0) is 4.79 Å². The number of imidazole rings is 1. The van der Waals surface area contributed by atoms with Crippen LogP contribution in [0.2, 0.25) is 0 Å². The van der Waals surface area contributed by atoms with Gasteiger partial charge in [0.05, 0.1) is 6.33 Å². The second-order valence-electron chi connectivity index (χ2n) is 4.07. The molecule has 2 aromatic rings. The van der Waals surface area contributed by atoms with Crippen molar-refractivity contribution in [2.45, 2.75) is 6.42 Å². The fraction of sp³-hybridized carbons (Fsp3) is 0.455. The molecule has 1 amide bonds. The first kappa shape index (κ1) is 13.1. The van der Waals surface area contributed by atoms with Crippen LogP contribution in [-0.4, -0.2) is 53.5 Å². The zero-order chi connectivity index (χ0) is 13.8. The lowest BCUT2D eigenvalue weighted by Crippen LogP contribution is -2.27. The number of aromatic amines is 1. The highest BCUT2D eigenvalue weighted by atomic mass is 16.1. The van der Waals surface area contributed by atoms with Crippen molar-refractivity contribution in [3.63, 3.8) is 0 Å². The summed E-state index contributed by atoms with van der Waals surface area (Å²) in [6.45, 7) is 0.563. The highest BCUT2D eigenvalue weighted by molar-refractivity contribution is 5.84. The van der Waals surface area contributed by atoms with Gasteiger partial charge < -0.3 is 20.5 Å². The Morgan fingerprint density at radius 3 is 2.89 bits per heavy atom. The Morgan fingerprint density at radius 2 is 2.21 bits per heavy atom. The summed E-state index contributed by atoms with van der Waals surface area (Å²) < 4.78 is 0. The van der Waals surface area contributed by atoms with E-state index in [0.717, 1.165) is 11.3 Å². The normalized spacial score (nSPS) is 10.5. The monoisotopic (exact) mass is 263 g/mol. The lowest BCUT2D eigenvalue weighted by molar-refractivity contribution is -0.120. The lowest BCUT2D eigenvalue weighted by atomic mass is 10.3. The first-order valence-electron chi connectivity index (χ1n) is 5.96. The van der Waals surface area contributed by atoms with E-state index >= 15 is 0 Å². The number of hydrogen-bond acceptors (Lipinski definition) is 6. The number of anilines is 2. The van der Waals surface area contributed by atoms with E-state index in [9.17, 15) is 4.79 Å². The minimum atomic E-state index is -0.00407. The number of amides is 1. The molecule has 102 valence electrons. The van der Waals surface area contributed by atoms with Gasteiger partial charge in [-0.1, -0.05) is 0 Å². The van der Waals surface area contributed by atoms with Crippen molar-refractivity contribution in [1.29, 1.82) is 0 Å². The van der Waals surface area contributed by atoms with Gasteiger partial charge >= 0.3 is 0 Å². The molecule has 0 aromatic carbocycles. The second-order valence-corrected chi connectivity index (χ2v) is 4.07. The smallest absolute Gasteiger partial charge is 0.226 e. The van der Waals surface area contributed by atoms with E-state index in [1.165, 1.54) is 0 Å². The summed E-state index contributed by atoms with van der Waals surface area (Å²) in [5.74, 6) is 1.22. The highest BCUT2D eigenvalue weighted by Crippen LogP contribution is 2.21. The first-order valence-corrected chi connectivity index (χ1v) is 5.96. The van der Waals surface area contributed by atoms with Crippen LogP contribution in [0.5, 0.6) is 0 Å². The summed E-state index contributed by atoms with van der Waals surface area (Å²) in [5, 5.41) is 5.49. The second kappa shape index (κ2) is 5.51. The molecule has 2 rings (SSSR count). The fourth-order valence-electron chi connectivity index (χ4n) is 1.71. The van der Waals surface area contributed by atoms with Gasteiger partial charge in [-0.15, -0.1) is 0 Å². The molecule has 2 aromatic heterocycles. The number of H-pyrrole nitrogens is 1. The molecule has 0 aliphatic heterocycles. The Labute approximate surface area is 110 Å². The first-order chi connectivity index (χ1) is 9.15. The van der Waals surface area contributed by atoms with Crippen molar-refractivity contribution < 1.29 is 4.79 Å². The molecular formula is C11H17N7O. The number of aromatic nitrogens is 4. The van der Waals surface area contributed by atoms with Gasteiger partial charge in [-0.3, -0.25) is 4.79 Å². The van der Waals surface area contributed by atoms with Crippen LogP contribution in [0.3, 0.4) is 0 Å². The molecule has 0 bridgehead atoms. The van der Waals surface area contributed by atoms with E-state index in [2.05, 4.69) is 30.6 Å². The average molecular weight is 263 g/mol. The largest absolute Gasteiger partial charge is 0.359 e. The maximum Gasteiger partial charge on any atom is 0.226 e. The Hall–Kier alpha value is -2.38. The summed E-state index contributed by atoms with van der Waals surface area (Å²) in [5.41, 5.74) is 1.36. The van der Waals surface area contributed by atoms with Crippen molar-refractivity contribution in [3.05, 3.63) is 6.33 Å². The van der Waals surface area contributed by atoms with Crippen LogP contribution < -0.4 is 15.5 Å². The summed E-state index contributed by atoms with van der Waals surface area (Å²) in [6, 6.07) is 0. The summed E-state index contributed by atoms with van der Waals surface area (Å²) in [7, 11) is 5.26. The molecule has 8 heteroatoms. The third kappa shape index (κ3) is 2.72. The number of rotatable bonds is 5. The van der Waals surface area contributed by atoms with Crippen LogP contribution in [0, 0.1) is 0 Å². The summed E-state index contributed by atoms with van der Waals surface area (Å²) in [4.78, 5) is 29.0. The van der Waals surface area contributed by atoms with Crippen LogP contribution in [0.1, 0.15) is 6.42 Å². The Bertz CT molecular complexity index is 579. The Morgan fingerprint density at radius 1 is 1.42 bits per heavy atom. The van der Waals surface area contributed by atoms with E-state index in [0.29, 0.717) is 24.6 Å². The molecule has 0 aliphatic carbocycles. The van der Waals surface area contributed by atoms with Crippen LogP contribution in [0.15, 0.2) is 6.33 Å². The number of nitrogens with one attached hydrogen (secondary N) is 3. The van der Waals surface area contributed by atoms with Gasteiger partial charge in [-0.2, -0.15) is 9.97 Å². The number of carbonyl (C=O) groups is 1. The van der Waals surface area contributed by atoms with Crippen molar-refractivity contribution in [1.82, 2.24) is 25.3 Å². The van der Waals surface area contributed by atoms with Crippen molar-refractivity contribution in [2.24, 2.45) is 0 Å². The minimum Gasteiger partial charge on any atom is -0.359 e. The fourth-order valence-corrected chi connectivity index (χ4v) is 1.71. The highest BCUT2D eigenvalue weighted by Gasteiger charge is 2.13. The van der Waals surface area contributed by atoms with Crippen LogP contribution >= 0.6 is 0 Å². The SMILES string of the molecule is CNC(=O)CCN(C)c1nc(NC)nc2nc[nH]c12. The molecule has 0 saturated carbocycles. The standard InChI is InChI=1S/C11H17N7O/c1-12-7(19)4-5-18(3)10-8-9(15-6-14-8)16-11(13-2)17-10/h6H,4-5H2,1-3H3,(H,12,19)(H2,13,14,15,16,17). The van der Waals surface area contributed by atoms with E-state index < -0.39 is 0 Å². The van der Waals surface area contributed by atoms with Crippen LogP contribution in [0.4, 0.5) is 11.8 Å². The van der Waals surface area contributed by atoms with E-state index in [1.807, 2.05) is 11.9 Å². The molecule has 0 fully saturated rings. The molecule has 8 nitrogen and oxygen atoms in total. The number of fused-ring (bicyclic) bond motifs is 1. The minimum absolute atomic E-state index is 0.00407. The van der Waals surface area contributed by atoms with Crippen molar-refractivity contribution in [2.75, 3.05) is 37.9 Å². The van der Waals surface area contributed by atoms with E-state index in [1.54, 1.807) is 20.4 Å². The molecule has 0 atom stereocenters. The van der Waals surface area contributed by atoms with Gasteiger partial charge in [0.1, 0.15) is 5.52 Å². The van der Waals surface area contributed by atoms with Gasteiger partial charge in [0, 0.05) is 34.1 Å². The number of carbonyl (C=O) groups excluding carboxylic acids is 1. The van der Waals surface area contributed by atoms with Crippen molar-refractivity contribution >= 4 is 28.8 Å². The van der Waals surface area contributed by atoms with Gasteiger partial charge in [0.2, 0.25) is 11.9 Å². The molecule has 0 radical (unpaired) electrons. The van der Waals surface area contributed by atoms with Gasteiger partial charge in [0.25, 0.3) is 0 Å². The summed E-state index contributed by atoms with van der Waals surface area (Å²) in [6.07, 6.45) is 1.98. The molecule has 0 unspecified atom stereocenters. The predicted molar refractivity (Wildman–Crippen MR) is 73.2 cm³/mol. The van der Waals surface area contributed by atoms with E-state index in [4.69, 9.17) is 0 Å². The van der Waals surface area contributed by atoms with Gasteiger partial charge in [-0.05, 0) is 0 Å². The third-order valence-electron chi connectivity index (χ3n) is 2.80.